The third kappa shape index (κ3) is 3.96. The van der Waals surface area contributed by atoms with Crippen molar-refractivity contribution in [1.29, 1.82) is 0 Å². The predicted octanol–water partition coefficient (Wildman–Crippen LogP) is 2.46. The van der Waals surface area contributed by atoms with Crippen LogP contribution in [0.25, 0.3) is 0 Å². The van der Waals surface area contributed by atoms with Gasteiger partial charge in [0.1, 0.15) is 5.60 Å². The van der Waals surface area contributed by atoms with Gasteiger partial charge in [0.2, 0.25) is 0 Å². The maximum Gasteiger partial charge on any atom is 0.303 e. The van der Waals surface area contributed by atoms with Crippen LogP contribution in [0.5, 0.6) is 0 Å². The van der Waals surface area contributed by atoms with Crippen molar-refractivity contribution < 1.29 is 9.53 Å². The average molecular weight is 168 g/mol. The molecule has 2 nitrogen and oxygen atoms in total. The van der Waals surface area contributed by atoms with Crippen molar-refractivity contribution in [2.24, 2.45) is 0 Å². The van der Waals surface area contributed by atoms with Crippen molar-refractivity contribution in [2.45, 2.75) is 32.3 Å². The minimum atomic E-state index is -0.463. The standard InChI is InChI=1S/C10H16O2/c1-5-7-10(4,8-6-2)12-9(3)11/h5-6H,1-2,7-8H2,3-4H3. The summed E-state index contributed by atoms with van der Waals surface area (Å²) in [5, 5.41) is 0. The largest absolute Gasteiger partial charge is 0.459 e. The van der Waals surface area contributed by atoms with Crippen LogP contribution in [0.3, 0.4) is 0 Å². The zero-order valence-corrected chi connectivity index (χ0v) is 7.80. The quantitative estimate of drug-likeness (QED) is 0.465. The fraction of sp³-hybridized carbons (Fsp3) is 0.500. The molecule has 0 aromatic carbocycles. The molecule has 0 fully saturated rings. The summed E-state index contributed by atoms with van der Waals surface area (Å²) in [6.45, 7) is 10.5. The molecule has 0 aromatic rings. The summed E-state index contributed by atoms with van der Waals surface area (Å²) in [6.07, 6.45) is 4.79. The van der Waals surface area contributed by atoms with Gasteiger partial charge >= 0.3 is 5.97 Å². The summed E-state index contributed by atoms with van der Waals surface area (Å²) in [7, 11) is 0. The summed E-state index contributed by atoms with van der Waals surface area (Å²) in [4.78, 5) is 10.7. The summed E-state index contributed by atoms with van der Waals surface area (Å²) in [5.74, 6) is -0.263. The maximum atomic E-state index is 10.7. The molecule has 0 N–H and O–H groups in total. The van der Waals surface area contributed by atoms with Crippen LogP contribution in [0.1, 0.15) is 26.7 Å². The molecule has 0 radical (unpaired) electrons. The number of rotatable bonds is 5. The SMILES string of the molecule is C=CCC(C)(CC=C)OC(C)=O. The van der Waals surface area contributed by atoms with E-state index in [0.717, 1.165) is 0 Å². The molecule has 0 unspecified atom stereocenters. The van der Waals surface area contributed by atoms with Gasteiger partial charge in [0.15, 0.2) is 0 Å². The van der Waals surface area contributed by atoms with Gasteiger partial charge < -0.3 is 4.74 Å². The highest BCUT2D eigenvalue weighted by Crippen LogP contribution is 2.21. The van der Waals surface area contributed by atoms with Gasteiger partial charge in [-0.05, 0) is 6.92 Å². The molecule has 0 saturated heterocycles. The summed E-state index contributed by atoms with van der Waals surface area (Å²) >= 11 is 0. The lowest BCUT2D eigenvalue weighted by molar-refractivity contribution is -0.154. The van der Waals surface area contributed by atoms with Crippen LogP contribution in [0.15, 0.2) is 25.3 Å². The Labute approximate surface area is 73.9 Å². The number of esters is 1. The molecule has 68 valence electrons. The van der Waals surface area contributed by atoms with E-state index in [-0.39, 0.29) is 5.97 Å². The lowest BCUT2D eigenvalue weighted by Crippen LogP contribution is -2.29. The Morgan fingerprint density at radius 3 is 2.08 bits per heavy atom. The van der Waals surface area contributed by atoms with Crippen LogP contribution in [0.2, 0.25) is 0 Å². The molecule has 0 rings (SSSR count). The third-order valence-corrected chi connectivity index (χ3v) is 1.54. The second-order valence-electron chi connectivity index (χ2n) is 3.03. The highest BCUT2D eigenvalue weighted by atomic mass is 16.6. The number of hydrogen-bond donors (Lipinski definition) is 0. The van der Waals surface area contributed by atoms with Gasteiger partial charge in [-0.1, -0.05) is 12.2 Å². The smallest absolute Gasteiger partial charge is 0.303 e. The van der Waals surface area contributed by atoms with E-state index in [1.165, 1.54) is 6.92 Å². The van der Waals surface area contributed by atoms with Crippen molar-refractivity contribution in [3.05, 3.63) is 25.3 Å². The molecule has 0 heterocycles. The van der Waals surface area contributed by atoms with Gasteiger partial charge in [0.25, 0.3) is 0 Å². The average Bonchev–Trinajstić information content (AvgIpc) is 1.85. The van der Waals surface area contributed by atoms with Crippen LogP contribution in [0, 0.1) is 0 Å². The molecule has 0 aliphatic rings. The monoisotopic (exact) mass is 168 g/mol. The summed E-state index contributed by atoms with van der Waals surface area (Å²) < 4.78 is 5.14. The van der Waals surface area contributed by atoms with Gasteiger partial charge in [-0.2, -0.15) is 0 Å². The molecule has 0 aliphatic heterocycles. The molecular weight excluding hydrogens is 152 g/mol. The van der Waals surface area contributed by atoms with Gasteiger partial charge in [-0.3, -0.25) is 4.79 Å². The van der Waals surface area contributed by atoms with Crippen LogP contribution in [-0.2, 0) is 9.53 Å². The fourth-order valence-electron chi connectivity index (χ4n) is 1.12. The lowest BCUT2D eigenvalue weighted by atomic mass is 9.98. The van der Waals surface area contributed by atoms with Crippen molar-refractivity contribution in [3.8, 4) is 0 Å². The van der Waals surface area contributed by atoms with Crippen molar-refractivity contribution in [3.63, 3.8) is 0 Å². The lowest BCUT2D eigenvalue weighted by Gasteiger charge is -2.26. The van der Waals surface area contributed by atoms with E-state index in [4.69, 9.17) is 4.74 Å². The Hall–Kier alpha value is -1.05. The predicted molar refractivity (Wildman–Crippen MR) is 49.8 cm³/mol. The topological polar surface area (TPSA) is 26.3 Å². The number of carbonyl (C=O) groups is 1. The van der Waals surface area contributed by atoms with Gasteiger partial charge in [-0.25, -0.2) is 0 Å². The van der Waals surface area contributed by atoms with Crippen molar-refractivity contribution >= 4 is 5.97 Å². The van der Waals surface area contributed by atoms with Crippen molar-refractivity contribution in [1.82, 2.24) is 0 Å². The molecule has 0 saturated carbocycles. The van der Waals surface area contributed by atoms with Gasteiger partial charge in [0, 0.05) is 19.8 Å². The molecule has 2 heteroatoms. The fourth-order valence-corrected chi connectivity index (χ4v) is 1.12. The van der Waals surface area contributed by atoms with E-state index in [9.17, 15) is 4.79 Å². The first-order chi connectivity index (χ1) is 5.54. The van der Waals surface area contributed by atoms with Crippen LogP contribution in [0.4, 0.5) is 0 Å². The van der Waals surface area contributed by atoms with Crippen LogP contribution in [-0.4, -0.2) is 11.6 Å². The second-order valence-corrected chi connectivity index (χ2v) is 3.03. The number of hydrogen-bond acceptors (Lipinski definition) is 2. The van der Waals surface area contributed by atoms with Gasteiger partial charge in [0.05, 0.1) is 0 Å². The molecule has 0 atom stereocenters. The molecule has 0 aromatic heterocycles. The summed E-state index contributed by atoms with van der Waals surface area (Å²) in [6, 6.07) is 0. The van der Waals surface area contributed by atoms with E-state index in [1.54, 1.807) is 12.2 Å². The molecule has 0 aliphatic carbocycles. The van der Waals surface area contributed by atoms with E-state index >= 15 is 0 Å². The highest BCUT2D eigenvalue weighted by molar-refractivity contribution is 5.66. The van der Waals surface area contributed by atoms with E-state index < -0.39 is 5.60 Å². The van der Waals surface area contributed by atoms with Crippen molar-refractivity contribution in [2.75, 3.05) is 0 Å². The first-order valence-electron chi connectivity index (χ1n) is 3.95. The normalized spacial score (nSPS) is 10.5. The Balaban J connectivity index is 4.25. The molecular formula is C10H16O2. The van der Waals surface area contributed by atoms with E-state index in [2.05, 4.69) is 13.2 Å². The molecule has 0 amide bonds. The molecule has 0 bridgehead atoms. The Morgan fingerprint density at radius 1 is 1.42 bits per heavy atom. The van der Waals surface area contributed by atoms with Crippen LogP contribution >= 0.6 is 0 Å². The minimum Gasteiger partial charge on any atom is -0.459 e. The first-order valence-corrected chi connectivity index (χ1v) is 3.95. The Kier molecular flexibility index (Phi) is 4.34. The summed E-state index contributed by atoms with van der Waals surface area (Å²) in [5.41, 5.74) is -0.463. The van der Waals surface area contributed by atoms with Gasteiger partial charge in [-0.15, -0.1) is 13.2 Å². The highest BCUT2D eigenvalue weighted by Gasteiger charge is 2.23. The number of ether oxygens (including phenoxy) is 1. The maximum absolute atomic E-state index is 10.7. The van der Waals surface area contributed by atoms with Crippen LogP contribution < -0.4 is 0 Å². The molecule has 12 heavy (non-hydrogen) atoms. The molecule has 0 spiro atoms. The van der Waals surface area contributed by atoms with E-state index in [1.807, 2.05) is 6.92 Å². The Morgan fingerprint density at radius 2 is 1.83 bits per heavy atom. The Bertz CT molecular complexity index is 172. The number of carbonyl (C=O) groups excluding carboxylic acids is 1. The minimum absolute atomic E-state index is 0.263. The first kappa shape index (κ1) is 11.0. The zero-order valence-electron chi connectivity index (χ0n) is 7.80. The third-order valence-electron chi connectivity index (χ3n) is 1.54. The zero-order chi connectivity index (χ0) is 9.61. The van der Waals surface area contributed by atoms with E-state index in [0.29, 0.717) is 12.8 Å². The second kappa shape index (κ2) is 4.75.